The highest BCUT2D eigenvalue weighted by Gasteiger charge is 2.31. The quantitative estimate of drug-likeness (QED) is 0.862. The first-order chi connectivity index (χ1) is 13.1. The first kappa shape index (κ1) is 17.9. The molecular formula is C20H28N6O. The number of rotatable bonds is 3. The van der Waals surface area contributed by atoms with Crippen LogP contribution in [0.25, 0.3) is 0 Å². The van der Waals surface area contributed by atoms with Crippen LogP contribution in [0.4, 0.5) is 11.5 Å². The van der Waals surface area contributed by atoms with Crippen molar-refractivity contribution in [3.05, 3.63) is 41.6 Å². The van der Waals surface area contributed by atoms with Crippen LogP contribution in [0.2, 0.25) is 0 Å². The van der Waals surface area contributed by atoms with Gasteiger partial charge in [-0.15, -0.1) is 0 Å². The van der Waals surface area contributed by atoms with Gasteiger partial charge in [-0.1, -0.05) is 18.2 Å². The third kappa shape index (κ3) is 3.78. The lowest BCUT2D eigenvalue weighted by Gasteiger charge is -2.44. The first-order valence-corrected chi connectivity index (χ1v) is 9.76. The van der Waals surface area contributed by atoms with Gasteiger partial charge in [0.2, 0.25) is 0 Å². The molecule has 3 heterocycles. The number of carbonyl (C=O) groups excluding carboxylic acids is 1. The lowest BCUT2D eigenvalue weighted by atomic mass is 10.0. The van der Waals surface area contributed by atoms with E-state index in [1.165, 1.54) is 11.3 Å². The lowest BCUT2D eigenvalue weighted by Crippen LogP contribution is -2.56. The fourth-order valence-corrected chi connectivity index (χ4v) is 4.30. The highest BCUT2D eigenvalue weighted by molar-refractivity contribution is 5.93. The van der Waals surface area contributed by atoms with E-state index in [1.54, 1.807) is 6.07 Å². The van der Waals surface area contributed by atoms with E-state index in [1.807, 2.05) is 4.90 Å². The fourth-order valence-electron chi connectivity index (χ4n) is 4.30. The molecule has 0 bridgehead atoms. The van der Waals surface area contributed by atoms with Crippen LogP contribution in [-0.4, -0.2) is 71.2 Å². The molecule has 0 unspecified atom stereocenters. The van der Waals surface area contributed by atoms with E-state index < -0.39 is 0 Å². The minimum atomic E-state index is 0.00227. The summed E-state index contributed by atoms with van der Waals surface area (Å²) in [6.07, 6.45) is 2.19. The van der Waals surface area contributed by atoms with Crippen molar-refractivity contribution in [1.82, 2.24) is 20.0 Å². The molecule has 0 radical (unpaired) electrons. The maximum Gasteiger partial charge on any atom is 0.271 e. The highest BCUT2D eigenvalue weighted by atomic mass is 16.2. The Labute approximate surface area is 160 Å². The van der Waals surface area contributed by atoms with Crippen molar-refractivity contribution < 1.29 is 4.79 Å². The molecule has 1 amide bonds. The number of para-hydroxylation sites is 1. The zero-order valence-corrected chi connectivity index (χ0v) is 15.9. The molecule has 144 valence electrons. The summed E-state index contributed by atoms with van der Waals surface area (Å²) in [5.41, 5.74) is 8.79. The number of nitrogens with one attached hydrogen (secondary N) is 1. The van der Waals surface area contributed by atoms with Gasteiger partial charge in [0.25, 0.3) is 5.91 Å². The Morgan fingerprint density at radius 2 is 1.96 bits per heavy atom. The number of carbonyl (C=O) groups is 1. The van der Waals surface area contributed by atoms with Crippen LogP contribution in [0, 0.1) is 6.92 Å². The van der Waals surface area contributed by atoms with Crippen molar-refractivity contribution in [3.8, 4) is 0 Å². The zero-order chi connectivity index (χ0) is 18.8. The van der Waals surface area contributed by atoms with Crippen LogP contribution < -0.4 is 10.6 Å². The number of H-pyrrole nitrogens is 1. The summed E-state index contributed by atoms with van der Waals surface area (Å²) in [5, 5.41) is 6.61. The molecule has 2 aliphatic heterocycles. The Bertz CT molecular complexity index is 795. The van der Waals surface area contributed by atoms with E-state index >= 15 is 0 Å². The third-order valence-electron chi connectivity index (χ3n) is 5.80. The Morgan fingerprint density at radius 1 is 1.19 bits per heavy atom. The molecule has 7 heteroatoms. The summed E-state index contributed by atoms with van der Waals surface area (Å²) in [7, 11) is 0. The van der Waals surface area contributed by atoms with Crippen LogP contribution in [0.1, 0.15) is 28.9 Å². The van der Waals surface area contributed by atoms with E-state index in [0.717, 1.165) is 52.1 Å². The predicted molar refractivity (Wildman–Crippen MR) is 107 cm³/mol. The van der Waals surface area contributed by atoms with Gasteiger partial charge < -0.3 is 15.5 Å². The van der Waals surface area contributed by atoms with Gasteiger partial charge in [-0.05, 0) is 31.4 Å². The molecule has 0 spiro atoms. The van der Waals surface area contributed by atoms with Crippen molar-refractivity contribution >= 4 is 17.4 Å². The van der Waals surface area contributed by atoms with Crippen molar-refractivity contribution in [2.45, 2.75) is 25.8 Å². The molecule has 27 heavy (non-hydrogen) atoms. The van der Waals surface area contributed by atoms with Crippen LogP contribution in [0.15, 0.2) is 30.3 Å². The Balaban J connectivity index is 1.36. The number of aryl methyl sites for hydroxylation is 1. The average Bonchev–Trinajstić information content (AvgIpc) is 3.14. The SMILES string of the molecule is Cc1ccccc1N1CCN([C@@H]2CCCN(C(=O)c3cc(N)n[nH]3)C2)CC1. The smallest absolute Gasteiger partial charge is 0.271 e. The minimum Gasteiger partial charge on any atom is -0.382 e. The molecule has 1 atom stereocenters. The Kier molecular flexibility index (Phi) is 5.03. The topological polar surface area (TPSA) is 81.5 Å². The largest absolute Gasteiger partial charge is 0.382 e. The number of piperazine rings is 1. The number of amides is 1. The molecule has 2 aliphatic rings. The van der Waals surface area contributed by atoms with Gasteiger partial charge in [0.1, 0.15) is 11.5 Å². The van der Waals surface area contributed by atoms with Gasteiger partial charge in [0, 0.05) is 57.1 Å². The van der Waals surface area contributed by atoms with Crippen molar-refractivity contribution in [2.24, 2.45) is 0 Å². The number of aromatic nitrogens is 2. The molecule has 2 saturated heterocycles. The van der Waals surface area contributed by atoms with Crippen LogP contribution in [0.5, 0.6) is 0 Å². The van der Waals surface area contributed by atoms with E-state index in [0.29, 0.717) is 17.6 Å². The second kappa shape index (κ2) is 7.60. The Hall–Kier alpha value is -2.54. The normalized spacial score (nSPS) is 21.4. The molecule has 7 nitrogen and oxygen atoms in total. The van der Waals surface area contributed by atoms with Crippen molar-refractivity contribution in [1.29, 1.82) is 0 Å². The summed E-state index contributed by atoms with van der Waals surface area (Å²) in [4.78, 5) is 19.7. The third-order valence-corrected chi connectivity index (χ3v) is 5.80. The van der Waals surface area contributed by atoms with Gasteiger partial charge in [-0.3, -0.25) is 14.8 Å². The summed E-state index contributed by atoms with van der Waals surface area (Å²) < 4.78 is 0. The number of piperidine rings is 1. The van der Waals surface area contributed by atoms with Gasteiger partial charge in [-0.25, -0.2) is 0 Å². The fraction of sp³-hybridized carbons (Fsp3) is 0.500. The number of anilines is 2. The van der Waals surface area contributed by atoms with E-state index in [-0.39, 0.29) is 5.91 Å². The highest BCUT2D eigenvalue weighted by Crippen LogP contribution is 2.24. The summed E-state index contributed by atoms with van der Waals surface area (Å²) in [6.45, 7) is 7.91. The molecule has 1 aromatic carbocycles. The molecule has 1 aromatic heterocycles. The van der Waals surface area contributed by atoms with Gasteiger partial charge in [0.05, 0.1) is 0 Å². The van der Waals surface area contributed by atoms with E-state index in [2.05, 4.69) is 51.2 Å². The minimum absolute atomic E-state index is 0.00227. The summed E-state index contributed by atoms with van der Waals surface area (Å²) >= 11 is 0. The van der Waals surface area contributed by atoms with Gasteiger partial charge in [-0.2, -0.15) is 5.10 Å². The van der Waals surface area contributed by atoms with Crippen molar-refractivity contribution in [2.75, 3.05) is 49.9 Å². The molecular weight excluding hydrogens is 340 g/mol. The molecule has 3 N–H and O–H groups in total. The number of benzene rings is 1. The molecule has 0 saturated carbocycles. The molecule has 0 aliphatic carbocycles. The first-order valence-electron chi connectivity index (χ1n) is 9.76. The number of hydrogen-bond acceptors (Lipinski definition) is 5. The average molecular weight is 368 g/mol. The van der Waals surface area contributed by atoms with E-state index in [9.17, 15) is 4.79 Å². The number of nitrogens with two attached hydrogens (primary N) is 1. The second-order valence-electron chi connectivity index (χ2n) is 7.56. The number of aromatic amines is 1. The lowest BCUT2D eigenvalue weighted by molar-refractivity contribution is 0.0558. The Morgan fingerprint density at radius 3 is 2.67 bits per heavy atom. The van der Waals surface area contributed by atoms with Gasteiger partial charge >= 0.3 is 0 Å². The van der Waals surface area contributed by atoms with Crippen molar-refractivity contribution in [3.63, 3.8) is 0 Å². The zero-order valence-electron chi connectivity index (χ0n) is 15.9. The summed E-state index contributed by atoms with van der Waals surface area (Å²) in [6, 6.07) is 10.6. The predicted octanol–water partition coefficient (Wildman–Crippen LogP) is 1.73. The van der Waals surface area contributed by atoms with E-state index in [4.69, 9.17) is 5.73 Å². The van der Waals surface area contributed by atoms with Gasteiger partial charge in [0.15, 0.2) is 0 Å². The van der Waals surface area contributed by atoms with Crippen LogP contribution >= 0.6 is 0 Å². The number of nitrogen functional groups attached to an aromatic ring is 1. The summed E-state index contributed by atoms with van der Waals surface area (Å²) in [5.74, 6) is 0.363. The monoisotopic (exact) mass is 368 g/mol. The number of hydrogen-bond donors (Lipinski definition) is 2. The molecule has 4 rings (SSSR count). The maximum atomic E-state index is 12.7. The second-order valence-corrected chi connectivity index (χ2v) is 7.56. The number of nitrogens with zero attached hydrogens (tertiary/aromatic N) is 4. The van der Waals surface area contributed by atoms with Crippen LogP contribution in [0.3, 0.4) is 0 Å². The maximum absolute atomic E-state index is 12.7. The number of likely N-dealkylation sites (tertiary alicyclic amines) is 1. The van der Waals surface area contributed by atoms with Crippen LogP contribution in [-0.2, 0) is 0 Å². The standard InChI is InChI=1S/C20H28N6O/c1-15-5-2-3-7-18(15)25-11-9-24(10-12-25)16-6-4-8-26(14-16)20(27)17-13-19(21)23-22-17/h2-3,5,7,13,16H,4,6,8-12,14H2,1H3,(H3,21,22,23)/t16-/m1/s1. The molecule has 2 aromatic rings. The molecule has 2 fully saturated rings.